The van der Waals surface area contributed by atoms with Gasteiger partial charge in [0.05, 0.1) is 6.54 Å². The molecule has 0 aliphatic rings. The molecular formula is C12H15BrN4S. The maximum absolute atomic E-state index is 5.49. The highest BCUT2D eigenvalue weighted by molar-refractivity contribution is 9.10. The molecule has 0 amide bonds. The third kappa shape index (κ3) is 3.51. The van der Waals surface area contributed by atoms with Crippen molar-refractivity contribution in [1.29, 1.82) is 0 Å². The zero-order valence-corrected chi connectivity index (χ0v) is 12.5. The van der Waals surface area contributed by atoms with Crippen LogP contribution in [0.4, 0.5) is 5.95 Å². The molecular weight excluding hydrogens is 312 g/mol. The largest absolute Gasteiger partial charge is 0.339 e. The second kappa shape index (κ2) is 6.26. The standard InChI is InChI=1S/C12H15BrN4S/c1-17(7-11-4-10(13)8-18-11)12-15-5-9(2-3-14)6-16-12/h4-6,8H,2-3,7,14H2,1H3. The maximum atomic E-state index is 5.49. The molecule has 6 heteroatoms. The number of thiophene rings is 1. The SMILES string of the molecule is CN(Cc1cc(Br)cs1)c1ncc(CCN)cn1. The third-order valence-electron chi connectivity index (χ3n) is 2.48. The zero-order valence-electron chi connectivity index (χ0n) is 10.1. The summed E-state index contributed by atoms with van der Waals surface area (Å²) in [5.41, 5.74) is 6.57. The van der Waals surface area contributed by atoms with E-state index in [1.165, 1.54) is 4.88 Å². The van der Waals surface area contributed by atoms with Gasteiger partial charge < -0.3 is 10.6 Å². The molecule has 0 radical (unpaired) electrons. The fraction of sp³-hybridized carbons (Fsp3) is 0.333. The van der Waals surface area contributed by atoms with Crippen LogP contribution in [0.1, 0.15) is 10.4 Å². The molecule has 0 unspecified atom stereocenters. The summed E-state index contributed by atoms with van der Waals surface area (Å²) in [7, 11) is 1.99. The Morgan fingerprint density at radius 3 is 2.67 bits per heavy atom. The lowest BCUT2D eigenvalue weighted by molar-refractivity contribution is 0.862. The summed E-state index contributed by atoms with van der Waals surface area (Å²) in [6.45, 7) is 1.44. The first-order chi connectivity index (χ1) is 8.69. The van der Waals surface area contributed by atoms with Crippen LogP contribution in [0.5, 0.6) is 0 Å². The van der Waals surface area contributed by atoms with Crippen LogP contribution in [0.25, 0.3) is 0 Å². The first-order valence-corrected chi connectivity index (χ1v) is 7.31. The molecule has 0 saturated heterocycles. The topological polar surface area (TPSA) is 55.0 Å². The summed E-state index contributed by atoms with van der Waals surface area (Å²) in [6.07, 6.45) is 4.51. The van der Waals surface area contributed by atoms with Gasteiger partial charge in [0.25, 0.3) is 0 Å². The first-order valence-electron chi connectivity index (χ1n) is 5.64. The minimum absolute atomic E-state index is 0.627. The van der Waals surface area contributed by atoms with Gasteiger partial charge in [-0.05, 0) is 40.5 Å². The predicted octanol–water partition coefficient (Wildman–Crippen LogP) is 2.44. The van der Waals surface area contributed by atoms with E-state index in [1.807, 2.05) is 24.3 Å². The van der Waals surface area contributed by atoms with Crippen LogP contribution < -0.4 is 10.6 Å². The van der Waals surface area contributed by atoms with E-state index in [0.29, 0.717) is 6.54 Å². The Kier molecular flexibility index (Phi) is 4.68. The monoisotopic (exact) mass is 326 g/mol. The van der Waals surface area contributed by atoms with Crippen LogP contribution in [0, 0.1) is 0 Å². The van der Waals surface area contributed by atoms with Gasteiger partial charge in [0.1, 0.15) is 0 Å². The van der Waals surface area contributed by atoms with E-state index in [9.17, 15) is 0 Å². The summed E-state index contributed by atoms with van der Waals surface area (Å²) in [5, 5.41) is 2.08. The molecule has 0 aliphatic carbocycles. The number of rotatable bonds is 5. The summed E-state index contributed by atoms with van der Waals surface area (Å²) >= 11 is 5.18. The molecule has 2 rings (SSSR count). The van der Waals surface area contributed by atoms with Crippen molar-refractivity contribution in [1.82, 2.24) is 9.97 Å². The molecule has 0 bridgehead atoms. The van der Waals surface area contributed by atoms with Gasteiger partial charge >= 0.3 is 0 Å². The van der Waals surface area contributed by atoms with Crippen molar-refractivity contribution in [2.45, 2.75) is 13.0 Å². The van der Waals surface area contributed by atoms with Gasteiger partial charge in [-0.3, -0.25) is 0 Å². The molecule has 4 nitrogen and oxygen atoms in total. The second-order valence-corrected chi connectivity index (χ2v) is 5.93. The highest BCUT2D eigenvalue weighted by Gasteiger charge is 2.06. The molecule has 0 saturated carbocycles. The van der Waals surface area contributed by atoms with Gasteiger partial charge in [-0.25, -0.2) is 9.97 Å². The average Bonchev–Trinajstić information content (AvgIpc) is 2.76. The van der Waals surface area contributed by atoms with E-state index in [4.69, 9.17) is 5.73 Å². The van der Waals surface area contributed by atoms with Gasteiger partial charge in [0.15, 0.2) is 0 Å². The molecule has 0 fully saturated rings. The molecule has 0 aliphatic heterocycles. The lowest BCUT2D eigenvalue weighted by Crippen LogP contribution is -2.18. The zero-order chi connectivity index (χ0) is 13.0. The molecule has 96 valence electrons. The van der Waals surface area contributed by atoms with Gasteiger partial charge in [-0.2, -0.15) is 0 Å². The van der Waals surface area contributed by atoms with Crippen molar-refractivity contribution in [3.8, 4) is 0 Å². The molecule has 0 spiro atoms. The number of nitrogens with two attached hydrogens (primary N) is 1. The molecule has 2 heterocycles. The lowest BCUT2D eigenvalue weighted by atomic mass is 10.2. The minimum atomic E-state index is 0.627. The van der Waals surface area contributed by atoms with Crippen molar-refractivity contribution >= 4 is 33.2 Å². The Labute approximate surface area is 119 Å². The van der Waals surface area contributed by atoms with Gasteiger partial charge in [0, 0.05) is 34.2 Å². The molecule has 0 aromatic carbocycles. The quantitative estimate of drug-likeness (QED) is 0.916. The molecule has 2 aromatic rings. The van der Waals surface area contributed by atoms with Gasteiger partial charge in [-0.1, -0.05) is 0 Å². The summed E-state index contributed by atoms with van der Waals surface area (Å²) < 4.78 is 1.12. The molecule has 0 atom stereocenters. The van der Waals surface area contributed by atoms with Crippen molar-refractivity contribution in [2.24, 2.45) is 5.73 Å². The Bertz CT molecular complexity index is 497. The predicted molar refractivity (Wildman–Crippen MR) is 78.9 cm³/mol. The van der Waals surface area contributed by atoms with Crippen LogP contribution >= 0.6 is 27.3 Å². The first kappa shape index (κ1) is 13.5. The van der Waals surface area contributed by atoms with Crippen LogP contribution in [0.15, 0.2) is 28.3 Å². The second-order valence-electron chi connectivity index (χ2n) is 4.02. The van der Waals surface area contributed by atoms with Crippen LogP contribution in [0.2, 0.25) is 0 Å². The minimum Gasteiger partial charge on any atom is -0.339 e. The summed E-state index contributed by atoms with van der Waals surface area (Å²) in [4.78, 5) is 12.0. The van der Waals surface area contributed by atoms with Crippen molar-refractivity contribution in [2.75, 3.05) is 18.5 Å². The fourth-order valence-electron chi connectivity index (χ4n) is 1.58. The summed E-state index contributed by atoms with van der Waals surface area (Å²) in [6, 6.07) is 2.12. The van der Waals surface area contributed by atoms with E-state index >= 15 is 0 Å². The Balaban J connectivity index is 2.02. The molecule has 2 N–H and O–H groups in total. The number of anilines is 1. The van der Waals surface area contributed by atoms with E-state index in [0.717, 1.165) is 29.0 Å². The Hall–Kier alpha value is -0.980. The molecule has 2 aromatic heterocycles. The number of halogens is 1. The molecule has 18 heavy (non-hydrogen) atoms. The Morgan fingerprint density at radius 2 is 2.11 bits per heavy atom. The Morgan fingerprint density at radius 1 is 1.39 bits per heavy atom. The number of hydrogen-bond donors (Lipinski definition) is 1. The van der Waals surface area contributed by atoms with Crippen molar-refractivity contribution in [3.05, 3.63) is 38.8 Å². The van der Waals surface area contributed by atoms with E-state index in [2.05, 4.69) is 37.3 Å². The summed E-state index contributed by atoms with van der Waals surface area (Å²) in [5.74, 6) is 0.736. The van der Waals surface area contributed by atoms with Crippen molar-refractivity contribution < 1.29 is 0 Å². The van der Waals surface area contributed by atoms with Crippen LogP contribution in [-0.4, -0.2) is 23.6 Å². The normalized spacial score (nSPS) is 10.6. The van der Waals surface area contributed by atoms with Gasteiger partial charge in [-0.15, -0.1) is 11.3 Å². The van der Waals surface area contributed by atoms with Crippen LogP contribution in [-0.2, 0) is 13.0 Å². The number of nitrogens with zero attached hydrogens (tertiary/aromatic N) is 3. The average molecular weight is 327 g/mol. The van der Waals surface area contributed by atoms with E-state index in [1.54, 1.807) is 11.3 Å². The highest BCUT2D eigenvalue weighted by Crippen LogP contribution is 2.21. The van der Waals surface area contributed by atoms with E-state index in [-0.39, 0.29) is 0 Å². The maximum Gasteiger partial charge on any atom is 0.225 e. The third-order valence-corrected chi connectivity index (χ3v) is 4.16. The highest BCUT2D eigenvalue weighted by atomic mass is 79.9. The number of aromatic nitrogens is 2. The fourth-order valence-corrected chi connectivity index (χ4v) is 3.09. The van der Waals surface area contributed by atoms with Crippen LogP contribution in [0.3, 0.4) is 0 Å². The van der Waals surface area contributed by atoms with Gasteiger partial charge in [0.2, 0.25) is 5.95 Å². The number of hydrogen-bond acceptors (Lipinski definition) is 5. The lowest BCUT2D eigenvalue weighted by Gasteiger charge is -2.15. The van der Waals surface area contributed by atoms with Crippen molar-refractivity contribution in [3.63, 3.8) is 0 Å². The smallest absolute Gasteiger partial charge is 0.225 e. The van der Waals surface area contributed by atoms with E-state index < -0.39 is 0 Å².